The predicted octanol–water partition coefficient (Wildman–Crippen LogP) is -0.827. The molecule has 1 fully saturated rings. The van der Waals surface area contributed by atoms with Gasteiger partial charge >= 0.3 is 0 Å². The van der Waals surface area contributed by atoms with Gasteiger partial charge in [0.15, 0.2) is 0 Å². The van der Waals surface area contributed by atoms with E-state index >= 15 is 0 Å². The third-order valence-electron chi connectivity index (χ3n) is 2.49. The monoisotopic (exact) mass is 235 g/mol. The van der Waals surface area contributed by atoms with Crippen LogP contribution in [-0.4, -0.2) is 70.2 Å². The van der Waals surface area contributed by atoms with E-state index in [2.05, 4.69) is 5.32 Å². The first-order valence-corrected chi connectivity index (χ1v) is 6.96. The van der Waals surface area contributed by atoms with Crippen LogP contribution in [0, 0.1) is 0 Å². The Balaban J connectivity index is 2.55. The fourth-order valence-corrected chi connectivity index (χ4v) is 2.96. The van der Waals surface area contributed by atoms with Gasteiger partial charge in [-0.1, -0.05) is 0 Å². The maximum atomic E-state index is 11.8. The largest absolute Gasteiger partial charge is 0.316 e. The lowest BCUT2D eigenvalue weighted by Crippen LogP contribution is -2.43. The number of hydrogen-bond acceptors (Lipinski definition) is 4. The topological polar surface area (TPSA) is 52.6 Å². The summed E-state index contributed by atoms with van der Waals surface area (Å²) in [6.07, 6.45) is 0.895. The molecule has 1 heterocycles. The Bertz CT molecular complexity index is 277. The van der Waals surface area contributed by atoms with Crippen LogP contribution in [0.3, 0.4) is 0 Å². The molecule has 0 bridgehead atoms. The summed E-state index contributed by atoms with van der Waals surface area (Å²) in [5, 5.41) is 3.11. The fourth-order valence-electron chi connectivity index (χ4n) is 1.54. The molecule has 1 aliphatic rings. The molecule has 5 nitrogen and oxygen atoms in total. The lowest BCUT2D eigenvalue weighted by molar-refractivity contribution is 0.326. The van der Waals surface area contributed by atoms with Crippen LogP contribution in [0.1, 0.15) is 6.42 Å². The minimum Gasteiger partial charge on any atom is -0.316 e. The average Bonchev–Trinajstić information content (AvgIpc) is 2.11. The van der Waals surface area contributed by atoms with Crippen molar-refractivity contribution in [2.24, 2.45) is 0 Å². The normalized spacial score (nSPS) is 23.7. The van der Waals surface area contributed by atoms with E-state index in [4.69, 9.17) is 0 Å². The van der Waals surface area contributed by atoms with Gasteiger partial charge in [0, 0.05) is 26.2 Å². The van der Waals surface area contributed by atoms with Gasteiger partial charge in [-0.15, -0.1) is 0 Å². The van der Waals surface area contributed by atoms with Crippen molar-refractivity contribution in [3.8, 4) is 0 Å². The summed E-state index contributed by atoms with van der Waals surface area (Å²) >= 11 is 0. The zero-order valence-corrected chi connectivity index (χ0v) is 10.4. The highest BCUT2D eigenvalue weighted by atomic mass is 32.2. The van der Waals surface area contributed by atoms with Crippen molar-refractivity contribution >= 4 is 10.0 Å². The Hall–Kier alpha value is -0.170. The lowest BCUT2D eigenvalue weighted by atomic mass is 10.4. The van der Waals surface area contributed by atoms with Crippen LogP contribution in [-0.2, 0) is 10.0 Å². The molecule has 1 N–H and O–H groups in total. The second-order valence-corrected chi connectivity index (χ2v) is 6.21. The Morgan fingerprint density at radius 2 is 2.07 bits per heavy atom. The summed E-state index contributed by atoms with van der Waals surface area (Å²) in [7, 11) is 0.878. The van der Waals surface area contributed by atoms with Crippen molar-refractivity contribution in [3.63, 3.8) is 0 Å². The molecule has 0 amide bonds. The van der Waals surface area contributed by atoms with Crippen molar-refractivity contribution in [1.29, 1.82) is 0 Å². The van der Waals surface area contributed by atoms with Crippen LogP contribution in [0.15, 0.2) is 0 Å². The van der Waals surface area contributed by atoms with Crippen molar-refractivity contribution in [3.05, 3.63) is 0 Å². The molecule has 0 aromatic rings. The first kappa shape index (κ1) is 12.9. The molecule has 0 atom stereocenters. The molecule has 0 saturated carbocycles. The minimum atomic E-state index is -3.03. The molecule has 1 rings (SSSR count). The quantitative estimate of drug-likeness (QED) is 0.694. The zero-order valence-electron chi connectivity index (χ0n) is 9.57. The number of nitrogens with one attached hydrogen (secondary N) is 1. The summed E-state index contributed by atoms with van der Waals surface area (Å²) < 4.78 is 25.3. The van der Waals surface area contributed by atoms with E-state index in [0.717, 1.165) is 19.5 Å². The smallest absolute Gasteiger partial charge is 0.215 e. The molecule has 0 radical (unpaired) electrons. The molecule has 1 aliphatic heterocycles. The third kappa shape index (κ3) is 4.46. The van der Waals surface area contributed by atoms with Crippen LogP contribution in [0.5, 0.6) is 0 Å². The molecule has 0 aromatic carbocycles. The Morgan fingerprint density at radius 3 is 2.73 bits per heavy atom. The van der Waals surface area contributed by atoms with Crippen LogP contribution < -0.4 is 5.32 Å². The van der Waals surface area contributed by atoms with E-state index in [0.29, 0.717) is 19.6 Å². The highest BCUT2D eigenvalue weighted by Crippen LogP contribution is 2.04. The molecule has 6 heteroatoms. The van der Waals surface area contributed by atoms with Gasteiger partial charge in [0.2, 0.25) is 10.0 Å². The van der Waals surface area contributed by atoms with Crippen molar-refractivity contribution < 1.29 is 8.42 Å². The summed E-state index contributed by atoms with van der Waals surface area (Å²) in [5.41, 5.74) is 0. The maximum absolute atomic E-state index is 11.8. The van der Waals surface area contributed by atoms with Crippen LogP contribution >= 0.6 is 0 Å². The van der Waals surface area contributed by atoms with E-state index in [1.807, 2.05) is 19.0 Å². The highest BCUT2D eigenvalue weighted by Gasteiger charge is 2.22. The second-order valence-electron chi connectivity index (χ2n) is 4.12. The van der Waals surface area contributed by atoms with E-state index < -0.39 is 10.0 Å². The summed E-state index contributed by atoms with van der Waals surface area (Å²) in [6, 6.07) is 0. The van der Waals surface area contributed by atoms with Crippen LogP contribution in [0.4, 0.5) is 0 Å². The molecule has 0 spiro atoms. The second kappa shape index (κ2) is 5.79. The summed E-state index contributed by atoms with van der Waals surface area (Å²) in [5.74, 6) is 0.223. The molecule has 0 unspecified atom stereocenters. The average molecular weight is 235 g/mol. The number of rotatable bonds is 3. The third-order valence-corrected chi connectivity index (χ3v) is 4.36. The standard InChI is InChI=1S/C9H21N3O2S/c1-11(2)7-8-12-6-3-4-10-5-9-15(12,13)14/h10H,3-9H2,1-2H3. The van der Waals surface area contributed by atoms with Crippen molar-refractivity contribution in [2.45, 2.75) is 6.42 Å². The Kier molecular flexibility index (Phi) is 4.98. The molecule has 0 aliphatic carbocycles. The van der Waals surface area contributed by atoms with Crippen LogP contribution in [0.25, 0.3) is 0 Å². The molecule has 15 heavy (non-hydrogen) atoms. The van der Waals surface area contributed by atoms with Gasteiger partial charge in [-0.2, -0.15) is 0 Å². The SMILES string of the molecule is CN(C)CCN1CCCNCCS1(=O)=O. The van der Waals surface area contributed by atoms with E-state index in [1.165, 1.54) is 0 Å². The van der Waals surface area contributed by atoms with Gasteiger partial charge in [0.25, 0.3) is 0 Å². The van der Waals surface area contributed by atoms with Gasteiger partial charge in [0.05, 0.1) is 5.75 Å². The summed E-state index contributed by atoms with van der Waals surface area (Å²) in [6.45, 7) is 3.51. The highest BCUT2D eigenvalue weighted by molar-refractivity contribution is 7.89. The molecular formula is C9H21N3O2S. The van der Waals surface area contributed by atoms with Gasteiger partial charge < -0.3 is 10.2 Å². The minimum absolute atomic E-state index is 0.223. The van der Waals surface area contributed by atoms with E-state index in [9.17, 15) is 8.42 Å². The maximum Gasteiger partial charge on any atom is 0.215 e. The summed E-state index contributed by atoms with van der Waals surface area (Å²) in [4.78, 5) is 2.01. The van der Waals surface area contributed by atoms with Gasteiger partial charge in [-0.05, 0) is 27.1 Å². The van der Waals surface area contributed by atoms with Crippen LogP contribution in [0.2, 0.25) is 0 Å². The zero-order chi connectivity index (χ0) is 11.3. The number of likely N-dealkylation sites (N-methyl/N-ethyl adjacent to an activating group) is 1. The van der Waals surface area contributed by atoms with Gasteiger partial charge in [-0.25, -0.2) is 12.7 Å². The number of sulfonamides is 1. The molecule has 90 valence electrons. The fraction of sp³-hybridized carbons (Fsp3) is 1.00. The van der Waals surface area contributed by atoms with Gasteiger partial charge in [0.1, 0.15) is 0 Å². The van der Waals surface area contributed by atoms with E-state index in [-0.39, 0.29) is 5.75 Å². The Morgan fingerprint density at radius 1 is 1.33 bits per heavy atom. The number of nitrogens with zero attached hydrogens (tertiary/aromatic N) is 2. The van der Waals surface area contributed by atoms with Crippen molar-refractivity contribution in [2.75, 3.05) is 52.6 Å². The van der Waals surface area contributed by atoms with Gasteiger partial charge in [-0.3, -0.25) is 0 Å². The molecule has 1 saturated heterocycles. The predicted molar refractivity (Wildman–Crippen MR) is 61.4 cm³/mol. The first-order chi connectivity index (χ1) is 7.02. The lowest BCUT2D eigenvalue weighted by Gasteiger charge is -2.25. The number of hydrogen-bond donors (Lipinski definition) is 1. The molecule has 0 aromatic heterocycles. The Labute approximate surface area is 92.5 Å². The van der Waals surface area contributed by atoms with Crippen molar-refractivity contribution in [1.82, 2.24) is 14.5 Å². The molecular weight excluding hydrogens is 214 g/mol. The van der Waals surface area contributed by atoms with E-state index in [1.54, 1.807) is 4.31 Å². The first-order valence-electron chi connectivity index (χ1n) is 5.35.